The molecule has 0 aromatic heterocycles. The third kappa shape index (κ3) is 5.32. The van der Waals surface area contributed by atoms with Gasteiger partial charge >= 0.3 is 0 Å². The lowest BCUT2D eigenvalue weighted by molar-refractivity contribution is 1.30. The van der Waals surface area contributed by atoms with Gasteiger partial charge in [0.05, 0.1) is 5.69 Å². The maximum atomic E-state index is 2.40. The van der Waals surface area contributed by atoms with Crippen LogP contribution in [0.4, 0.5) is 17.1 Å². The minimum Gasteiger partial charge on any atom is -0.310 e. The van der Waals surface area contributed by atoms with E-state index in [2.05, 4.69) is 205 Å². The third-order valence-corrected chi connectivity index (χ3v) is 9.62. The van der Waals surface area contributed by atoms with Gasteiger partial charge in [0, 0.05) is 16.8 Å². The van der Waals surface area contributed by atoms with Gasteiger partial charge in [-0.05, 0) is 103 Å². The zero-order chi connectivity index (χ0) is 32.6. The van der Waals surface area contributed by atoms with E-state index in [1.54, 1.807) is 0 Å². The van der Waals surface area contributed by atoms with Crippen LogP contribution in [0.3, 0.4) is 0 Å². The molecule has 9 rings (SSSR count). The first-order valence-electron chi connectivity index (χ1n) is 16.8. The largest absolute Gasteiger partial charge is 0.310 e. The Morgan fingerprint density at radius 1 is 0.265 bits per heavy atom. The molecule has 0 unspecified atom stereocenters. The molecule has 0 aliphatic rings. The minimum absolute atomic E-state index is 1.11. The highest BCUT2D eigenvalue weighted by Gasteiger charge is 2.17. The Bertz CT molecular complexity index is 2590. The maximum Gasteiger partial charge on any atom is 0.0540 e. The van der Waals surface area contributed by atoms with Gasteiger partial charge in [-0.15, -0.1) is 0 Å². The van der Waals surface area contributed by atoms with Crippen molar-refractivity contribution < 1.29 is 0 Å². The van der Waals surface area contributed by atoms with Crippen molar-refractivity contribution in [3.05, 3.63) is 200 Å². The summed E-state index contributed by atoms with van der Waals surface area (Å²) in [4.78, 5) is 2.40. The minimum atomic E-state index is 1.11. The summed E-state index contributed by atoms with van der Waals surface area (Å²) in [6, 6.07) is 72.5. The number of benzene rings is 9. The Hall–Kier alpha value is -6.44. The Morgan fingerprint density at radius 2 is 0.816 bits per heavy atom. The number of hydrogen-bond donors (Lipinski definition) is 0. The Kier molecular flexibility index (Phi) is 7.22. The van der Waals surface area contributed by atoms with E-state index in [1.165, 1.54) is 65.7 Å². The molecular weight excluding hydrogens is 591 g/mol. The van der Waals surface area contributed by atoms with E-state index in [0.29, 0.717) is 0 Å². The molecule has 0 saturated carbocycles. The first-order valence-corrected chi connectivity index (χ1v) is 16.8. The molecule has 0 bridgehead atoms. The van der Waals surface area contributed by atoms with E-state index in [9.17, 15) is 0 Å². The van der Waals surface area contributed by atoms with E-state index in [-0.39, 0.29) is 0 Å². The van der Waals surface area contributed by atoms with Gasteiger partial charge in [0.15, 0.2) is 0 Å². The predicted molar refractivity (Wildman–Crippen MR) is 210 cm³/mol. The number of rotatable bonds is 6. The van der Waals surface area contributed by atoms with Crippen molar-refractivity contribution in [2.24, 2.45) is 0 Å². The summed E-state index contributed by atoms with van der Waals surface area (Å²) in [6.07, 6.45) is 0. The second-order valence-electron chi connectivity index (χ2n) is 12.6. The highest BCUT2D eigenvalue weighted by molar-refractivity contribution is 6.02. The molecule has 49 heavy (non-hydrogen) atoms. The lowest BCUT2D eigenvalue weighted by atomic mass is 9.93. The van der Waals surface area contributed by atoms with Gasteiger partial charge in [0.25, 0.3) is 0 Å². The molecule has 0 saturated heterocycles. The molecule has 0 atom stereocenters. The highest BCUT2D eigenvalue weighted by atomic mass is 15.1. The molecule has 0 radical (unpaired) electrons. The summed E-state index contributed by atoms with van der Waals surface area (Å²) in [6.45, 7) is 0. The molecule has 9 aromatic carbocycles. The van der Waals surface area contributed by atoms with E-state index in [1.807, 2.05) is 0 Å². The first-order chi connectivity index (χ1) is 24.3. The second kappa shape index (κ2) is 12.3. The van der Waals surface area contributed by atoms with Crippen LogP contribution in [0.2, 0.25) is 0 Å². The zero-order valence-corrected chi connectivity index (χ0v) is 27.0. The SMILES string of the molecule is c1ccc(-c2cc(-c3cccc(N(c4ccc(-c5cccc6ccccc56)cc4)c4cccc5ccccc45)c3)cc3ccccc23)cc1. The van der Waals surface area contributed by atoms with Gasteiger partial charge in [-0.2, -0.15) is 0 Å². The molecule has 230 valence electrons. The fourth-order valence-corrected chi connectivity index (χ4v) is 7.26. The predicted octanol–water partition coefficient (Wildman–Crippen LogP) is 13.6. The molecule has 0 heterocycles. The van der Waals surface area contributed by atoms with Crippen LogP contribution in [-0.4, -0.2) is 0 Å². The number of hydrogen-bond acceptors (Lipinski definition) is 1. The van der Waals surface area contributed by atoms with Crippen molar-refractivity contribution >= 4 is 49.4 Å². The van der Waals surface area contributed by atoms with Gasteiger partial charge in [0.1, 0.15) is 0 Å². The maximum absolute atomic E-state index is 2.40. The van der Waals surface area contributed by atoms with Gasteiger partial charge in [-0.25, -0.2) is 0 Å². The van der Waals surface area contributed by atoms with Gasteiger partial charge < -0.3 is 4.90 Å². The van der Waals surface area contributed by atoms with Crippen LogP contribution in [0.15, 0.2) is 200 Å². The smallest absolute Gasteiger partial charge is 0.0540 e. The van der Waals surface area contributed by atoms with Crippen LogP contribution in [-0.2, 0) is 0 Å². The third-order valence-electron chi connectivity index (χ3n) is 9.62. The summed E-state index contributed by atoms with van der Waals surface area (Å²) in [5.74, 6) is 0. The average molecular weight is 624 g/mol. The molecule has 0 amide bonds. The van der Waals surface area contributed by atoms with Crippen LogP contribution in [0, 0.1) is 0 Å². The lowest BCUT2D eigenvalue weighted by Gasteiger charge is -2.27. The number of fused-ring (bicyclic) bond motifs is 3. The Balaban J connectivity index is 1.20. The number of anilines is 3. The fraction of sp³-hybridized carbons (Fsp3) is 0. The van der Waals surface area contributed by atoms with Crippen LogP contribution in [0.25, 0.3) is 65.7 Å². The first kappa shape index (κ1) is 28.8. The normalized spacial score (nSPS) is 11.3. The average Bonchev–Trinajstić information content (AvgIpc) is 3.18. The molecule has 0 aliphatic carbocycles. The standard InChI is InChI=1S/C48H33N/c1-2-13-36(14-3-1)47-33-40(31-39-17-6-8-23-45(39)47)38-20-10-21-42(32-38)49(48-26-12-19-35-16-5-9-24-46(35)48)41-29-27-37(28-30-41)44-25-11-18-34-15-4-7-22-43(34)44/h1-33H. The molecule has 0 fully saturated rings. The molecule has 9 aromatic rings. The van der Waals surface area contributed by atoms with Crippen LogP contribution in [0.1, 0.15) is 0 Å². The van der Waals surface area contributed by atoms with E-state index >= 15 is 0 Å². The summed E-state index contributed by atoms with van der Waals surface area (Å²) >= 11 is 0. The number of nitrogens with zero attached hydrogens (tertiary/aromatic N) is 1. The summed E-state index contributed by atoms with van der Waals surface area (Å²) in [7, 11) is 0. The van der Waals surface area contributed by atoms with Crippen molar-refractivity contribution in [3.63, 3.8) is 0 Å². The van der Waals surface area contributed by atoms with Crippen molar-refractivity contribution in [2.45, 2.75) is 0 Å². The van der Waals surface area contributed by atoms with E-state index < -0.39 is 0 Å². The molecule has 1 heteroatoms. The summed E-state index contributed by atoms with van der Waals surface area (Å²) in [5.41, 5.74) is 10.7. The molecule has 0 N–H and O–H groups in total. The summed E-state index contributed by atoms with van der Waals surface area (Å²) < 4.78 is 0. The fourth-order valence-electron chi connectivity index (χ4n) is 7.26. The van der Waals surface area contributed by atoms with Crippen molar-refractivity contribution in [3.8, 4) is 33.4 Å². The second-order valence-corrected chi connectivity index (χ2v) is 12.6. The lowest BCUT2D eigenvalue weighted by Crippen LogP contribution is -2.10. The topological polar surface area (TPSA) is 3.24 Å². The molecule has 0 spiro atoms. The summed E-state index contributed by atoms with van der Waals surface area (Å²) in [5, 5.41) is 7.45. The molecule has 0 aliphatic heterocycles. The molecular formula is C48H33N. The quantitative estimate of drug-likeness (QED) is 0.178. The monoisotopic (exact) mass is 623 g/mol. The van der Waals surface area contributed by atoms with Crippen LogP contribution < -0.4 is 4.90 Å². The molecule has 1 nitrogen and oxygen atoms in total. The van der Waals surface area contributed by atoms with Crippen LogP contribution >= 0.6 is 0 Å². The van der Waals surface area contributed by atoms with Crippen LogP contribution in [0.5, 0.6) is 0 Å². The van der Waals surface area contributed by atoms with E-state index in [4.69, 9.17) is 0 Å². The Morgan fingerprint density at radius 3 is 1.59 bits per heavy atom. The Labute approximate surface area is 287 Å². The van der Waals surface area contributed by atoms with Gasteiger partial charge in [-0.3, -0.25) is 0 Å². The van der Waals surface area contributed by atoms with Gasteiger partial charge in [-0.1, -0.05) is 158 Å². The zero-order valence-electron chi connectivity index (χ0n) is 27.0. The van der Waals surface area contributed by atoms with Crippen molar-refractivity contribution in [2.75, 3.05) is 4.90 Å². The van der Waals surface area contributed by atoms with Gasteiger partial charge in [0.2, 0.25) is 0 Å². The van der Waals surface area contributed by atoms with E-state index in [0.717, 1.165) is 17.1 Å². The van der Waals surface area contributed by atoms with Crippen molar-refractivity contribution in [1.82, 2.24) is 0 Å². The highest BCUT2D eigenvalue weighted by Crippen LogP contribution is 2.42. The van der Waals surface area contributed by atoms with Crippen molar-refractivity contribution in [1.29, 1.82) is 0 Å².